The van der Waals surface area contributed by atoms with Gasteiger partial charge < -0.3 is 9.47 Å². The van der Waals surface area contributed by atoms with Gasteiger partial charge in [0.2, 0.25) is 0 Å². The first-order valence-electron chi connectivity index (χ1n) is 11.8. The minimum Gasteiger partial charge on any atom is -0.489 e. The maximum absolute atomic E-state index is 13.2. The summed E-state index contributed by atoms with van der Waals surface area (Å²) in [6, 6.07) is 16.7. The van der Waals surface area contributed by atoms with Crippen LogP contribution in [0, 0.1) is 6.92 Å². The minimum atomic E-state index is -1.25. The lowest BCUT2D eigenvalue weighted by molar-refractivity contribution is 0.0805. The van der Waals surface area contributed by atoms with E-state index in [-0.39, 0.29) is 18.0 Å². The van der Waals surface area contributed by atoms with Crippen LogP contribution < -0.4 is 16.0 Å². The van der Waals surface area contributed by atoms with Crippen molar-refractivity contribution in [3.8, 4) is 17.0 Å². The van der Waals surface area contributed by atoms with Crippen molar-refractivity contribution in [2.24, 2.45) is 7.05 Å². The van der Waals surface area contributed by atoms with Crippen LogP contribution in [0.5, 0.6) is 5.75 Å². The summed E-state index contributed by atoms with van der Waals surface area (Å²) < 4.78 is 14.4. The number of hydrogen-bond donors (Lipinski definition) is 0. The van der Waals surface area contributed by atoms with Crippen LogP contribution in [0.25, 0.3) is 11.3 Å². The van der Waals surface area contributed by atoms with Crippen molar-refractivity contribution < 1.29 is 9.47 Å². The highest BCUT2D eigenvalue weighted by Crippen LogP contribution is 2.28. The number of hydrogen-bond acceptors (Lipinski definition) is 4. The molecule has 0 fully saturated rings. The Labute approximate surface area is 202 Å². The Morgan fingerprint density at radius 1 is 1.00 bits per heavy atom. The molecule has 6 nitrogen and oxygen atoms in total. The molecule has 2 aromatic carbocycles. The van der Waals surface area contributed by atoms with Crippen LogP contribution in [0.4, 0.5) is 0 Å². The third kappa shape index (κ3) is 6.15. The summed E-state index contributed by atoms with van der Waals surface area (Å²) in [5.41, 5.74) is 3.51. The Morgan fingerprint density at radius 3 is 2.32 bits per heavy atom. The zero-order valence-corrected chi connectivity index (χ0v) is 22.2. The van der Waals surface area contributed by atoms with Crippen LogP contribution >= 0.6 is 0 Å². The second kappa shape index (κ2) is 11.0. The summed E-state index contributed by atoms with van der Waals surface area (Å²) in [5.74, 6) is 0.747. The Balaban J connectivity index is 1.89. The van der Waals surface area contributed by atoms with Crippen LogP contribution in [0.2, 0.25) is 25.7 Å². The lowest BCUT2D eigenvalue weighted by Gasteiger charge is -2.19. The molecule has 1 heterocycles. The Morgan fingerprint density at radius 2 is 1.71 bits per heavy atom. The third-order valence-corrected chi connectivity index (χ3v) is 7.62. The molecule has 0 saturated carbocycles. The molecule has 0 amide bonds. The molecule has 7 heteroatoms. The molecule has 34 heavy (non-hydrogen) atoms. The van der Waals surface area contributed by atoms with Gasteiger partial charge in [0.05, 0.1) is 5.69 Å². The molecule has 0 aliphatic heterocycles. The lowest BCUT2D eigenvalue weighted by Crippen LogP contribution is -2.42. The maximum Gasteiger partial charge on any atom is 0.333 e. The number of benzene rings is 2. The van der Waals surface area contributed by atoms with Gasteiger partial charge in [-0.2, -0.15) is 0 Å². The van der Waals surface area contributed by atoms with Crippen LogP contribution in [0.1, 0.15) is 23.6 Å². The molecule has 3 aromatic rings. The molecule has 3 rings (SSSR count). The molecule has 0 unspecified atom stereocenters. The molecule has 0 radical (unpaired) electrons. The van der Waals surface area contributed by atoms with E-state index in [4.69, 9.17) is 9.47 Å². The molecule has 0 spiro atoms. The molecular weight excluding hydrogens is 444 g/mol. The topological polar surface area (TPSA) is 62.5 Å². The molecule has 0 aliphatic carbocycles. The lowest BCUT2D eigenvalue weighted by atomic mass is 10.00. The Kier molecular flexibility index (Phi) is 8.33. The number of aryl methyl sites for hydroxylation is 1. The molecule has 182 valence electrons. The highest BCUT2D eigenvalue weighted by molar-refractivity contribution is 6.76. The molecule has 0 bridgehead atoms. The van der Waals surface area contributed by atoms with E-state index in [0.717, 1.165) is 28.5 Å². The number of ether oxygens (including phenoxy) is 2. The normalized spacial score (nSPS) is 11.6. The van der Waals surface area contributed by atoms with Crippen molar-refractivity contribution in [3.63, 3.8) is 0 Å². The van der Waals surface area contributed by atoms with Crippen molar-refractivity contribution in [2.75, 3.05) is 6.61 Å². The van der Waals surface area contributed by atoms with Crippen LogP contribution in [-0.2, 0) is 31.5 Å². The van der Waals surface area contributed by atoms with E-state index in [1.807, 2.05) is 62.4 Å². The fourth-order valence-corrected chi connectivity index (χ4v) is 4.63. The summed E-state index contributed by atoms with van der Waals surface area (Å²) in [7, 11) is 0.470. The van der Waals surface area contributed by atoms with Crippen molar-refractivity contribution in [1.29, 1.82) is 0 Å². The fourth-order valence-electron chi connectivity index (χ4n) is 3.87. The molecular formula is C27H36N2O4Si. The molecule has 1 aromatic heterocycles. The molecule has 0 atom stereocenters. The van der Waals surface area contributed by atoms with E-state index >= 15 is 0 Å². The molecule has 0 aliphatic rings. The predicted octanol–water partition coefficient (Wildman–Crippen LogP) is 4.98. The minimum absolute atomic E-state index is 0.0193. The predicted molar refractivity (Wildman–Crippen MR) is 140 cm³/mol. The average molecular weight is 481 g/mol. The SMILES string of the molecule is CCc1c(-c2ccc(OCc3ccccc3)cc2C)n(C)c(=O)n(COCC[Si](C)(C)C)c1=O. The van der Waals surface area contributed by atoms with Gasteiger partial charge in [0.15, 0.2) is 0 Å². The van der Waals surface area contributed by atoms with E-state index in [0.29, 0.717) is 30.9 Å². The van der Waals surface area contributed by atoms with Gasteiger partial charge >= 0.3 is 5.69 Å². The van der Waals surface area contributed by atoms with E-state index in [1.54, 1.807) is 11.6 Å². The second-order valence-corrected chi connectivity index (χ2v) is 15.5. The highest BCUT2D eigenvalue weighted by atomic mass is 28.3. The van der Waals surface area contributed by atoms with E-state index < -0.39 is 8.07 Å². The first-order valence-corrected chi connectivity index (χ1v) is 15.5. The van der Waals surface area contributed by atoms with Crippen LogP contribution in [0.15, 0.2) is 58.1 Å². The summed E-state index contributed by atoms with van der Waals surface area (Å²) in [4.78, 5) is 26.4. The van der Waals surface area contributed by atoms with Gasteiger partial charge in [-0.25, -0.2) is 9.36 Å². The van der Waals surface area contributed by atoms with Crippen molar-refractivity contribution >= 4 is 8.07 Å². The summed E-state index contributed by atoms with van der Waals surface area (Å²) in [5, 5.41) is 0. The summed E-state index contributed by atoms with van der Waals surface area (Å²) in [6.45, 7) is 11.7. The zero-order valence-electron chi connectivity index (χ0n) is 21.2. The van der Waals surface area contributed by atoms with E-state index in [2.05, 4.69) is 19.6 Å². The molecule has 0 saturated heterocycles. The Hall–Kier alpha value is -2.90. The maximum atomic E-state index is 13.2. The number of rotatable bonds is 10. The van der Waals surface area contributed by atoms with Crippen molar-refractivity contribution in [2.45, 2.75) is 59.3 Å². The molecule has 0 N–H and O–H groups in total. The summed E-state index contributed by atoms with van der Waals surface area (Å²) in [6.07, 6.45) is 0.517. The van der Waals surface area contributed by atoms with Gasteiger partial charge in [-0.3, -0.25) is 9.36 Å². The summed E-state index contributed by atoms with van der Waals surface area (Å²) >= 11 is 0. The quantitative estimate of drug-likeness (QED) is 0.303. The monoisotopic (exact) mass is 480 g/mol. The van der Waals surface area contributed by atoms with Gasteiger partial charge in [0.25, 0.3) is 5.56 Å². The van der Waals surface area contributed by atoms with Gasteiger partial charge in [-0.1, -0.05) is 56.9 Å². The first-order chi connectivity index (χ1) is 16.1. The number of aromatic nitrogens is 2. The van der Waals surface area contributed by atoms with Gasteiger partial charge in [0.1, 0.15) is 19.1 Å². The number of nitrogens with zero attached hydrogens (tertiary/aromatic N) is 2. The van der Waals surface area contributed by atoms with Crippen LogP contribution in [0.3, 0.4) is 0 Å². The van der Waals surface area contributed by atoms with E-state index in [1.165, 1.54) is 4.57 Å². The highest BCUT2D eigenvalue weighted by Gasteiger charge is 2.19. The van der Waals surface area contributed by atoms with Crippen molar-refractivity contribution in [1.82, 2.24) is 9.13 Å². The largest absolute Gasteiger partial charge is 0.489 e. The second-order valence-electron chi connectivity index (χ2n) is 9.85. The standard InChI is InChI=1S/C27H36N2O4Si/c1-7-23-25(28(3)27(31)29(26(23)30)19-32-15-16-34(4,5)6)24-14-13-22(17-20(24)2)33-18-21-11-9-8-10-12-21/h8-14,17H,7,15-16,18-19H2,1-6H3. The van der Waals surface area contributed by atoms with Crippen molar-refractivity contribution in [3.05, 3.63) is 86.1 Å². The zero-order chi connectivity index (χ0) is 24.9. The van der Waals surface area contributed by atoms with Gasteiger partial charge in [0, 0.05) is 32.9 Å². The smallest absolute Gasteiger partial charge is 0.333 e. The average Bonchev–Trinajstić information content (AvgIpc) is 2.80. The van der Waals surface area contributed by atoms with Gasteiger partial charge in [-0.15, -0.1) is 0 Å². The first kappa shape index (κ1) is 25.7. The van der Waals surface area contributed by atoms with Gasteiger partial charge in [-0.05, 0) is 48.7 Å². The van der Waals surface area contributed by atoms with E-state index in [9.17, 15) is 9.59 Å². The van der Waals surface area contributed by atoms with Crippen LogP contribution in [-0.4, -0.2) is 23.8 Å². The Bertz CT molecular complexity index is 1240. The third-order valence-electron chi connectivity index (χ3n) is 5.91. The fraction of sp³-hybridized carbons (Fsp3) is 0.407.